The molecule has 18 heavy (non-hydrogen) atoms. The van der Waals surface area contributed by atoms with Crippen molar-refractivity contribution >= 4 is 0 Å². The average Bonchev–Trinajstić information content (AvgIpc) is 2.37. The van der Waals surface area contributed by atoms with Gasteiger partial charge in [0.25, 0.3) is 0 Å². The molecule has 0 N–H and O–H groups in total. The Kier molecular flexibility index (Phi) is 3.60. The molecule has 0 saturated heterocycles. The molecule has 94 valence electrons. The third-order valence-corrected chi connectivity index (χ3v) is 2.75. The third-order valence-electron chi connectivity index (χ3n) is 2.75. The summed E-state index contributed by atoms with van der Waals surface area (Å²) < 4.78 is 5.67. The van der Waals surface area contributed by atoms with Crippen LogP contribution in [-0.2, 0) is 12.0 Å². The minimum absolute atomic E-state index is 0.172. The Labute approximate surface area is 108 Å². The van der Waals surface area contributed by atoms with Crippen LogP contribution in [0.15, 0.2) is 42.9 Å². The van der Waals surface area contributed by atoms with Crippen LogP contribution >= 0.6 is 0 Å². The van der Waals surface area contributed by atoms with Gasteiger partial charge in [0.15, 0.2) is 0 Å². The number of ether oxygens (including phenoxy) is 1. The fourth-order valence-electron chi connectivity index (χ4n) is 1.61. The SMILES string of the molecule is CC(C)(C)c1ccc(OCc2ccncn2)cc1. The van der Waals surface area contributed by atoms with Gasteiger partial charge in [-0.2, -0.15) is 0 Å². The maximum absolute atomic E-state index is 5.67. The normalized spacial score (nSPS) is 11.3. The van der Waals surface area contributed by atoms with E-state index in [4.69, 9.17) is 4.74 Å². The van der Waals surface area contributed by atoms with Gasteiger partial charge < -0.3 is 4.74 Å². The molecule has 0 aliphatic heterocycles. The van der Waals surface area contributed by atoms with Crippen molar-refractivity contribution in [2.45, 2.75) is 32.8 Å². The Morgan fingerprint density at radius 1 is 1.06 bits per heavy atom. The number of nitrogens with zero attached hydrogens (tertiary/aromatic N) is 2. The maximum atomic E-state index is 5.67. The van der Waals surface area contributed by atoms with Crippen LogP contribution in [-0.4, -0.2) is 9.97 Å². The topological polar surface area (TPSA) is 35.0 Å². The van der Waals surface area contributed by atoms with Gasteiger partial charge in [0, 0.05) is 6.20 Å². The van der Waals surface area contributed by atoms with Gasteiger partial charge in [-0.1, -0.05) is 32.9 Å². The quantitative estimate of drug-likeness (QED) is 0.827. The van der Waals surface area contributed by atoms with Crippen LogP contribution in [0.5, 0.6) is 5.75 Å². The lowest BCUT2D eigenvalue weighted by atomic mass is 9.87. The van der Waals surface area contributed by atoms with E-state index in [1.165, 1.54) is 11.9 Å². The molecule has 2 aromatic rings. The van der Waals surface area contributed by atoms with Crippen molar-refractivity contribution < 1.29 is 4.74 Å². The second-order valence-electron chi connectivity index (χ2n) is 5.26. The first-order chi connectivity index (χ1) is 8.55. The van der Waals surface area contributed by atoms with Crippen molar-refractivity contribution in [2.75, 3.05) is 0 Å². The highest BCUT2D eigenvalue weighted by Gasteiger charge is 2.12. The monoisotopic (exact) mass is 242 g/mol. The van der Waals surface area contributed by atoms with Crippen molar-refractivity contribution in [1.29, 1.82) is 0 Å². The van der Waals surface area contributed by atoms with Crippen LogP contribution in [0.4, 0.5) is 0 Å². The summed E-state index contributed by atoms with van der Waals surface area (Å²) in [6.07, 6.45) is 3.25. The van der Waals surface area contributed by atoms with Gasteiger partial charge in [-0.25, -0.2) is 9.97 Å². The van der Waals surface area contributed by atoms with Gasteiger partial charge in [-0.05, 0) is 29.2 Å². The van der Waals surface area contributed by atoms with Crippen LogP contribution in [0.3, 0.4) is 0 Å². The van der Waals surface area contributed by atoms with Crippen molar-refractivity contribution in [3.8, 4) is 5.75 Å². The predicted molar refractivity (Wildman–Crippen MR) is 71.5 cm³/mol. The van der Waals surface area contributed by atoms with E-state index >= 15 is 0 Å². The van der Waals surface area contributed by atoms with E-state index in [2.05, 4.69) is 42.9 Å². The summed E-state index contributed by atoms with van der Waals surface area (Å²) >= 11 is 0. The Hall–Kier alpha value is -1.90. The predicted octanol–water partition coefficient (Wildman–Crippen LogP) is 3.35. The van der Waals surface area contributed by atoms with E-state index in [9.17, 15) is 0 Å². The van der Waals surface area contributed by atoms with E-state index < -0.39 is 0 Å². The van der Waals surface area contributed by atoms with Gasteiger partial charge in [-0.3, -0.25) is 0 Å². The van der Waals surface area contributed by atoms with Crippen molar-refractivity contribution in [3.05, 3.63) is 54.1 Å². The van der Waals surface area contributed by atoms with Gasteiger partial charge in [0.05, 0.1) is 5.69 Å². The molecule has 1 aromatic carbocycles. The summed E-state index contributed by atoms with van der Waals surface area (Å²) in [4.78, 5) is 7.99. The van der Waals surface area contributed by atoms with Crippen LogP contribution in [0.25, 0.3) is 0 Å². The molecule has 0 unspecified atom stereocenters. The molecule has 0 atom stereocenters. The molecule has 1 heterocycles. The summed E-state index contributed by atoms with van der Waals surface area (Å²) in [6.45, 7) is 7.06. The third kappa shape index (κ3) is 3.29. The number of rotatable bonds is 3. The number of hydrogen-bond acceptors (Lipinski definition) is 3. The lowest BCUT2D eigenvalue weighted by molar-refractivity contribution is 0.301. The number of aromatic nitrogens is 2. The molecular weight excluding hydrogens is 224 g/mol. The Bertz CT molecular complexity index is 486. The zero-order valence-electron chi connectivity index (χ0n) is 11.1. The molecule has 0 amide bonds. The summed E-state index contributed by atoms with van der Waals surface area (Å²) in [5, 5.41) is 0. The molecule has 0 aliphatic carbocycles. The van der Waals surface area contributed by atoms with E-state index in [0.717, 1.165) is 11.4 Å². The van der Waals surface area contributed by atoms with Gasteiger partial charge in [0.1, 0.15) is 18.7 Å². The average molecular weight is 242 g/mol. The maximum Gasteiger partial charge on any atom is 0.130 e. The second kappa shape index (κ2) is 5.17. The molecule has 3 nitrogen and oxygen atoms in total. The smallest absolute Gasteiger partial charge is 0.130 e. The Balaban J connectivity index is 1.99. The highest BCUT2D eigenvalue weighted by atomic mass is 16.5. The number of hydrogen-bond donors (Lipinski definition) is 0. The molecule has 0 fully saturated rings. The standard InChI is InChI=1S/C15H18N2O/c1-15(2,3)12-4-6-14(7-5-12)18-10-13-8-9-16-11-17-13/h4-9,11H,10H2,1-3H3. The van der Waals surface area contributed by atoms with Crippen LogP contribution < -0.4 is 4.74 Å². The summed E-state index contributed by atoms with van der Waals surface area (Å²) in [7, 11) is 0. The first-order valence-electron chi connectivity index (χ1n) is 6.04. The molecule has 0 aliphatic rings. The van der Waals surface area contributed by atoms with Gasteiger partial charge in [-0.15, -0.1) is 0 Å². The van der Waals surface area contributed by atoms with Gasteiger partial charge >= 0.3 is 0 Å². The molecule has 1 aromatic heterocycles. The zero-order valence-corrected chi connectivity index (χ0v) is 11.1. The lowest BCUT2D eigenvalue weighted by Gasteiger charge is -2.19. The largest absolute Gasteiger partial charge is 0.487 e. The highest BCUT2D eigenvalue weighted by molar-refractivity contribution is 5.31. The lowest BCUT2D eigenvalue weighted by Crippen LogP contribution is -2.10. The van der Waals surface area contributed by atoms with Crippen molar-refractivity contribution in [3.63, 3.8) is 0 Å². The fourth-order valence-corrected chi connectivity index (χ4v) is 1.61. The van der Waals surface area contributed by atoms with Crippen molar-refractivity contribution in [2.24, 2.45) is 0 Å². The highest BCUT2D eigenvalue weighted by Crippen LogP contribution is 2.24. The first kappa shape index (κ1) is 12.6. The molecule has 3 heteroatoms. The van der Waals surface area contributed by atoms with E-state index in [1.54, 1.807) is 6.20 Å². The molecule has 0 saturated carbocycles. The summed E-state index contributed by atoms with van der Waals surface area (Å²) in [5.74, 6) is 0.863. The van der Waals surface area contributed by atoms with Crippen LogP contribution in [0, 0.1) is 0 Å². The molecule has 0 bridgehead atoms. The van der Waals surface area contributed by atoms with Gasteiger partial charge in [0.2, 0.25) is 0 Å². The fraction of sp³-hybridized carbons (Fsp3) is 0.333. The zero-order chi connectivity index (χ0) is 13.0. The second-order valence-corrected chi connectivity index (χ2v) is 5.26. The van der Waals surface area contributed by atoms with Crippen LogP contribution in [0.1, 0.15) is 32.0 Å². The van der Waals surface area contributed by atoms with Crippen molar-refractivity contribution in [1.82, 2.24) is 9.97 Å². The molecule has 0 spiro atoms. The molecule has 2 rings (SSSR count). The Morgan fingerprint density at radius 2 is 1.78 bits per heavy atom. The minimum atomic E-state index is 0.172. The summed E-state index contributed by atoms with van der Waals surface area (Å²) in [6, 6.07) is 10.1. The first-order valence-corrected chi connectivity index (χ1v) is 6.04. The molecule has 0 radical (unpaired) electrons. The number of benzene rings is 1. The van der Waals surface area contributed by atoms with E-state index in [0.29, 0.717) is 6.61 Å². The molecular formula is C15H18N2O. The van der Waals surface area contributed by atoms with E-state index in [1.807, 2.05) is 18.2 Å². The van der Waals surface area contributed by atoms with E-state index in [-0.39, 0.29) is 5.41 Å². The van der Waals surface area contributed by atoms with Crippen LogP contribution in [0.2, 0.25) is 0 Å². The Morgan fingerprint density at radius 3 is 2.33 bits per heavy atom. The summed E-state index contributed by atoms with van der Waals surface area (Å²) in [5.41, 5.74) is 2.35. The minimum Gasteiger partial charge on any atom is -0.487 e.